The molecule has 4 nitrogen and oxygen atoms in total. The van der Waals surface area contributed by atoms with E-state index < -0.39 is 0 Å². The fourth-order valence-electron chi connectivity index (χ4n) is 2.89. The Morgan fingerprint density at radius 3 is 2.88 bits per heavy atom. The highest BCUT2D eigenvalue weighted by molar-refractivity contribution is 7.18. The molecular weight excluding hydrogens is 350 g/mol. The predicted molar refractivity (Wildman–Crippen MR) is 103 cm³/mol. The second-order valence-corrected chi connectivity index (χ2v) is 7.79. The van der Waals surface area contributed by atoms with Gasteiger partial charge in [-0.15, -0.1) is 22.7 Å². The van der Waals surface area contributed by atoms with Gasteiger partial charge in [-0.05, 0) is 23.9 Å². The summed E-state index contributed by atoms with van der Waals surface area (Å²) in [7, 11) is 0. The number of hydrogen-bond donors (Lipinski definition) is 1. The van der Waals surface area contributed by atoms with Crippen molar-refractivity contribution in [3.05, 3.63) is 68.7 Å². The molecule has 6 heteroatoms. The van der Waals surface area contributed by atoms with Gasteiger partial charge in [0.15, 0.2) is 17.7 Å². The summed E-state index contributed by atoms with van der Waals surface area (Å²) in [4.78, 5) is 22.3. The third-order valence-corrected chi connectivity index (χ3v) is 6.10. The Hall–Kier alpha value is -2.31. The van der Waals surface area contributed by atoms with Gasteiger partial charge in [-0.25, -0.2) is 4.98 Å². The Morgan fingerprint density at radius 2 is 2.12 bits per heavy atom. The molecule has 4 aromatic heterocycles. The van der Waals surface area contributed by atoms with Crippen molar-refractivity contribution in [3.63, 3.8) is 0 Å². The first-order chi connectivity index (χ1) is 12.2. The van der Waals surface area contributed by atoms with E-state index in [1.54, 1.807) is 11.3 Å². The quantitative estimate of drug-likeness (QED) is 0.555. The number of aromatic nitrogens is 3. The van der Waals surface area contributed by atoms with E-state index in [-0.39, 0.29) is 5.56 Å². The standard InChI is InChI=1S/C19H17N3OS2/c1-3-13-7-6-12(2)22(9-13)10-16-20-18(23)17-14(11-25-19(17)21-16)15-5-4-8-24-15/h4-9,11H,3,10H2,1-2H3/p+1. The normalized spacial score (nSPS) is 11.3. The zero-order valence-electron chi connectivity index (χ0n) is 14.1. The molecule has 0 aliphatic rings. The van der Waals surface area contributed by atoms with Crippen molar-refractivity contribution >= 4 is 32.9 Å². The van der Waals surface area contributed by atoms with Crippen molar-refractivity contribution < 1.29 is 4.57 Å². The van der Waals surface area contributed by atoms with E-state index in [0.29, 0.717) is 17.8 Å². The molecule has 0 saturated carbocycles. The minimum Gasteiger partial charge on any atom is -0.305 e. The summed E-state index contributed by atoms with van der Waals surface area (Å²) in [5.74, 6) is 0.693. The highest BCUT2D eigenvalue weighted by Crippen LogP contribution is 2.33. The van der Waals surface area contributed by atoms with Crippen molar-refractivity contribution in [2.24, 2.45) is 0 Å². The average molecular weight is 369 g/mol. The first-order valence-corrected chi connectivity index (χ1v) is 9.95. The number of aryl methyl sites for hydroxylation is 2. The molecular formula is C19H18N3OS2+. The van der Waals surface area contributed by atoms with Gasteiger partial charge >= 0.3 is 0 Å². The van der Waals surface area contributed by atoms with Crippen molar-refractivity contribution in [3.8, 4) is 10.4 Å². The van der Waals surface area contributed by atoms with Crippen molar-refractivity contribution in [2.75, 3.05) is 0 Å². The van der Waals surface area contributed by atoms with Crippen LogP contribution in [-0.4, -0.2) is 9.97 Å². The highest BCUT2D eigenvalue weighted by Gasteiger charge is 2.16. The van der Waals surface area contributed by atoms with Crippen LogP contribution in [0.5, 0.6) is 0 Å². The van der Waals surface area contributed by atoms with Crippen molar-refractivity contribution in [1.29, 1.82) is 0 Å². The summed E-state index contributed by atoms with van der Waals surface area (Å²) >= 11 is 3.17. The summed E-state index contributed by atoms with van der Waals surface area (Å²) in [5, 5.41) is 4.74. The zero-order chi connectivity index (χ0) is 17.4. The van der Waals surface area contributed by atoms with Gasteiger partial charge in [-0.3, -0.25) is 4.79 Å². The fraction of sp³-hybridized carbons (Fsp3) is 0.211. The van der Waals surface area contributed by atoms with Gasteiger partial charge in [0.25, 0.3) is 5.56 Å². The maximum Gasteiger partial charge on any atom is 0.260 e. The molecule has 0 aliphatic carbocycles. The first kappa shape index (κ1) is 16.2. The maximum atomic E-state index is 12.7. The van der Waals surface area contributed by atoms with E-state index in [1.165, 1.54) is 16.9 Å². The molecule has 0 saturated heterocycles. The van der Waals surface area contributed by atoms with Crippen molar-refractivity contribution in [2.45, 2.75) is 26.8 Å². The molecule has 0 bridgehead atoms. The summed E-state index contributed by atoms with van der Waals surface area (Å²) in [5.41, 5.74) is 3.33. The SMILES string of the molecule is CCc1ccc(C)[n+](Cc2nc3scc(-c4cccs4)c3c(=O)[nH]2)c1. The number of thiophene rings is 2. The smallest absolute Gasteiger partial charge is 0.260 e. The fourth-order valence-corrected chi connectivity index (χ4v) is 4.67. The third kappa shape index (κ3) is 3.03. The van der Waals surface area contributed by atoms with E-state index >= 15 is 0 Å². The molecule has 4 aromatic rings. The Bertz CT molecular complexity index is 1090. The van der Waals surface area contributed by atoms with Gasteiger partial charge in [0.2, 0.25) is 6.54 Å². The topological polar surface area (TPSA) is 49.6 Å². The Labute approximate surface area is 153 Å². The molecule has 0 atom stereocenters. The molecule has 0 fully saturated rings. The van der Waals surface area contributed by atoms with E-state index in [4.69, 9.17) is 4.98 Å². The van der Waals surface area contributed by atoms with Gasteiger partial charge in [0.05, 0.1) is 5.39 Å². The molecule has 126 valence electrons. The van der Waals surface area contributed by atoms with E-state index in [9.17, 15) is 4.79 Å². The number of rotatable bonds is 4. The lowest BCUT2D eigenvalue weighted by molar-refractivity contribution is -0.695. The maximum absolute atomic E-state index is 12.7. The molecule has 0 radical (unpaired) electrons. The minimum absolute atomic E-state index is 0.0606. The van der Waals surface area contributed by atoms with Crippen LogP contribution in [-0.2, 0) is 13.0 Å². The molecule has 4 heterocycles. The minimum atomic E-state index is -0.0606. The molecule has 0 spiro atoms. The lowest BCUT2D eigenvalue weighted by Crippen LogP contribution is -2.39. The van der Waals surface area contributed by atoms with Gasteiger partial charge < -0.3 is 4.98 Å². The number of fused-ring (bicyclic) bond motifs is 1. The predicted octanol–water partition coefficient (Wildman–Crippen LogP) is 3.92. The monoisotopic (exact) mass is 368 g/mol. The third-order valence-electron chi connectivity index (χ3n) is 4.32. The zero-order valence-corrected chi connectivity index (χ0v) is 15.7. The van der Waals surface area contributed by atoms with Crippen LogP contribution in [0.15, 0.2) is 46.0 Å². The van der Waals surface area contributed by atoms with Crippen LogP contribution in [0.4, 0.5) is 0 Å². The van der Waals surface area contributed by atoms with Crippen LogP contribution in [0.2, 0.25) is 0 Å². The van der Waals surface area contributed by atoms with Crippen LogP contribution >= 0.6 is 22.7 Å². The lowest BCUT2D eigenvalue weighted by atomic mass is 10.2. The van der Waals surface area contributed by atoms with Crippen LogP contribution in [0, 0.1) is 6.92 Å². The molecule has 0 amide bonds. The van der Waals surface area contributed by atoms with Gasteiger partial charge in [0, 0.05) is 34.4 Å². The largest absolute Gasteiger partial charge is 0.305 e. The summed E-state index contributed by atoms with van der Waals surface area (Å²) in [6.07, 6.45) is 3.11. The summed E-state index contributed by atoms with van der Waals surface area (Å²) in [6, 6.07) is 8.28. The summed E-state index contributed by atoms with van der Waals surface area (Å²) in [6.45, 7) is 4.77. The van der Waals surface area contributed by atoms with Crippen LogP contribution in [0.25, 0.3) is 20.7 Å². The molecule has 1 N–H and O–H groups in total. The Balaban J connectivity index is 1.77. The molecule has 0 aliphatic heterocycles. The van der Waals surface area contributed by atoms with Gasteiger partial charge in [-0.2, -0.15) is 4.57 Å². The Morgan fingerprint density at radius 1 is 1.24 bits per heavy atom. The van der Waals surface area contributed by atoms with Crippen LogP contribution in [0.3, 0.4) is 0 Å². The molecule has 0 unspecified atom stereocenters. The van der Waals surface area contributed by atoms with Crippen LogP contribution in [0.1, 0.15) is 24.0 Å². The van der Waals surface area contributed by atoms with Crippen molar-refractivity contribution in [1.82, 2.24) is 9.97 Å². The van der Waals surface area contributed by atoms with E-state index in [0.717, 1.165) is 27.4 Å². The first-order valence-electron chi connectivity index (χ1n) is 8.19. The number of pyridine rings is 1. The average Bonchev–Trinajstić information content (AvgIpc) is 3.26. The number of hydrogen-bond acceptors (Lipinski definition) is 4. The number of aromatic amines is 1. The second-order valence-electron chi connectivity index (χ2n) is 5.98. The molecule has 4 rings (SSSR count). The lowest BCUT2D eigenvalue weighted by Gasteiger charge is -2.03. The number of nitrogens with zero attached hydrogens (tertiary/aromatic N) is 2. The van der Waals surface area contributed by atoms with Gasteiger partial charge in [0.1, 0.15) is 4.83 Å². The van der Waals surface area contributed by atoms with Gasteiger partial charge in [-0.1, -0.05) is 13.0 Å². The number of H-pyrrole nitrogens is 1. The summed E-state index contributed by atoms with van der Waals surface area (Å²) < 4.78 is 2.14. The van der Waals surface area contributed by atoms with Crippen LogP contribution < -0.4 is 10.1 Å². The van der Waals surface area contributed by atoms with E-state index in [2.05, 4.69) is 41.7 Å². The molecule has 0 aromatic carbocycles. The highest BCUT2D eigenvalue weighted by atomic mass is 32.1. The molecule has 25 heavy (non-hydrogen) atoms. The number of nitrogens with one attached hydrogen (secondary N) is 1. The second kappa shape index (κ2) is 6.54. The Kier molecular flexibility index (Phi) is 4.23. The van der Waals surface area contributed by atoms with E-state index in [1.807, 2.05) is 22.9 Å².